The van der Waals surface area contributed by atoms with Gasteiger partial charge in [-0.05, 0) is 18.9 Å². The van der Waals surface area contributed by atoms with E-state index in [4.69, 9.17) is 4.74 Å². The summed E-state index contributed by atoms with van der Waals surface area (Å²) in [4.78, 5) is 2.53. The summed E-state index contributed by atoms with van der Waals surface area (Å²) in [6.45, 7) is 4.25. The zero-order valence-corrected chi connectivity index (χ0v) is 11.1. The first-order valence-corrected chi connectivity index (χ1v) is 7.13. The summed E-state index contributed by atoms with van der Waals surface area (Å²) >= 11 is 0. The van der Waals surface area contributed by atoms with Crippen molar-refractivity contribution in [2.24, 2.45) is 0 Å². The standard InChI is InChI=1S/C15H21FN2O/c16-15-4-2-1-3-12(15)9-17-10-14-11-18(7-8-19-14)13-5-6-13/h1-4,13-14,17H,5-11H2. The maximum Gasteiger partial charge on any atom is 0.127 e. The summed E-state index contributed by atoms with van der Waals surface area (Å²) in [5, 5.41) is 3.30. The molecule has 0 radical (unpaired) electrons. The molecule has 1 unspecified atom stereocenters. The van der Waals surface area contributed by atoms with Crippen molar-refractivity contribution in [3.05, 3.63) is 35.6 Å². The number of morpholine rings is 1. The Morgan fingerprint density at radius 2 is 2.16 bits per heavy atom. The molecule has 1 aromatic rings. The third kappa shape index (κ3) is 3.53. The molecule has 1 atom stereocenters. The smallest absolute Gasteiger partial charge is 0.127 e. The average molecular weight is 264 g/mol. The minimum atomic E-state index is -0.140. The van der Waals surface area contributed by atoms with Crippen molar-refractivity contribution in [1.29, 1.82) is 0 Å². The molecule has 0 amide bonds. The van der Waals surface area contributed by atoms with Crippen LogP contribution in [-0.2, 0) is 11.3 Å². The minimum absolute atomic E-state index is 0.140. The van der Waals surface area contributed by atoms with Gasteiger partial charge in [0.25, 0.3) is 0 Å². The fraction of sp³-hybridized carbons (Fsp3) is 0.600. The van der Waals surface area contributed by atoms with Gasteiger partial charge in [-0.3, -0.25) is 4.90 Å². The molecule has 1 aliphatic heterocycles. The van der Waals surface area contributed by atoms with Crippen LogP contribution in [0.15, 0.2) is 24.3 Å². The second-order valence-electron chi connectivity index (χ2n) is 5.44. The lowest BCUT2D eigenvalue weighted by Gasteiger charge is -2.33. The van der Waals surface area contributed by atoms with Crippen LogP contribution in [0.3, 0.4) is 0 Å². The molecule has 1 heterocycles. The lowest BCUT2D eigenvalue weighted by Crippen LogP contribution is -2.47. The van der Waals surface area contributed by atoms with E-state index in [1.54, 1.807) is 6.07 Å². The van der Waals surface area contributed by atoms with E-state index in [1.807, 2.05) is 12.1 Å². The number of hydrogen-bond donors (Lipinski definition) is 1. The van der Waals surface area contributed by atoms with Gasteiger partial charge in [-0.25, -0.2) is 4.39 Å². The fourth-order valence-corrected chi connectivity index (χ4v) is 2.65. The molecule has 0 aromatic heterocycles. The molecule has 3 nitrogen and oxygen atoms in total. The van der Waals surface area contributed by atoms with Crippen LogP contribution in [0.1, 0.15) is 18.4 Å². The van der Waals surface area contributed by atoms with Gasteiger partial charge in [0, 0.05) is 37.8 Å². The molecule has 19 heavy (non-hydrogen) atoms. The molecule has 1 aromatic carbocycles. The van der Waals surface area contributed by atoms with E-state index in [0.717, 1.165) is 37.8 Å². The molecular formula is C15H21FN2O. The van der Waals surface area contributed by atoms with Crippen molar-refractivity contribution >= 4 is 0 Å². The maximum absolute atomic E-state index is 13.5. The van der Waals surface area contributed by atoms with Gasteiger partial charge in [0.15, 0.2) is 0 Å². The topological polar surface area (TPSA) is 24.5 Å². The van der Waals surface area contributed by atoms with Crippen molar-refractivity contribution in [1.82, 2.24) is 10.2 Å². The van der Waals surface area contributed by atoms with Gasteiger partial charge in [0.2, 0.25) is 0 Å². The Labute approximate surface area is 113 Å². The van der Waals surface area contributed by atoms with Crippen LogP contribution in [0.4, 0.5) is 4.39 Å². The van der Waals surface area contributed by atoms with Crippen LogP contribution < -0.4 is 5.32 Å². The van der Waals surface area contributed by atoms with Gasteiger partial charge in [0.05, 0.1) is 12.7 Å². The Morgan fingerprint density at radius 1 is 1.32 bits per heavy atom. The molecule has 4 heteroatoms. The second-order valence-corrected chi connectivity index (χ2v) is 5.44. The summed E-state index contributed by atoms with van der Waals surface area (Å²) in [5.41, 5.74) is 0.720. The Hall–Kier alpha value is -0.970. The van der Waals surface area contributed by atoms with Gasteiger partial charge < -0.3 is 10.1 Å². The highest BCUT2D eigenvalue weighted by Gasteiger charge is 2.32. The quantitative estimate of drug-likeness (QED) is 0.877. The predicted octanol–water partition coefficient (Wildman–Crippen LogP) is 1.78. The van der Waals surface area contributed by atoms with Crippen molar-refractivity contribution < 1.29 is 9.13 Å². The highest BCUT2D eigenvalue weighted by molar-refractivity contribution is 5.16. The van der Waals surface area contributed by atoms with Crippen molar-refractivity contribution in [3.63, 3.8) is 0 Å². The van der Waals surface area contributed by atoms with Crippen LogP contribution in [0.5, 0.6) is 0 Å². The van der Waals surface area contributed by atoms with Crippen molar-refractivity contribution in [2.75, 3.05) is 26.2 Å². The van der Waals surface area contributed by atoms with E-state index < -0.39 is 0 Å². The number of benzene rings is 1. The van der Waals surface area contributed by atoms with E-state index in [1.165, 1.54) is 18.9 Å². The molecule has 0 bridgehead atoms. The predicted molar refractivity (Wildman–Crippen MR) is 72.4 cm³/mol. The maximum atomic E-state index is 13.5. The number of rotatable bonds is 5. The molecule has 2 aliphatic rings. The van der Waals surface area contributed by atoms with E-state index in [9.17, 15) is 4.39 Å². The number of nitrogens with one attached hydrogen (secondary N) is 1. The average Bonchev–Trinajstić information content (AvgIpc) is 3.26. The Balaban J connectivity index is 1.43. The van der Waals surface area contributed by atoms with E-state index >= 15 is 0 Å². The molecule has 1 aliphatic carbocycles. The lowest BCUT2D eigenvalue weighted by atomic mass is 10.2. The molecule has 1 saturated heterocycles. The van der Waals surface area contributed by atoms with Crippen molar-refractivity contribution in [2.45, 2.75) is 31.5 Å². The number of nitrogens with zero attached hydrogens (tertiary/aromatic N) is 1. The summed E-state index contributed by atoms with van der Waals surface area (Å²) in [6, 6.07) is 7.71. The first-order valence-electron chi connectivity index (χ1n) is 7.13. The third-order valence-electron chi connectivity index (χ3n) is 3.88. The Bertz CT molecular complexity index is 422. The summed E-state index contributed by atoms with van der Waals surface area (Å²) in [7, 11) is 0. The Morgan fingerprint density at radius 3 is 2.95 bits per heavy atom. The summed E-state index contributed by atoms with van der Waals surface area (Å²) in [6.07, 6.45) is 2.92. The molecule has 3 rings (SSSR count). The number of ether oxygens (including phenoxy) is 1. The first kappa shape index (κ1) is 13.0. The number of halogens is 1. The molecular weight excluding hydrogens is 243 g/mol. The zero-order chi connectivity index (χ0) is 13.1. The normalized spacial score (nSPS) is 24.6. The summed E-state index contributed by atoms with van der Waals surface area (Å²) < 4.78 is 19.2. The first-order chi connectivity index (χ1) is 9.33. The monoisotopic (exact) mass is 264 g/mol. The zero-order valence-electron chi connectivity index (χ0n) is 11.1. The molecule has 1 N–H and O–H groups in total. The van der Waals surface area contributed by atoms with E-state index in [2.05, 4.69) is 10.2 Å². The highest BCUT2D eigenvalue weighted by Crippen LogP contribution is 2.28. The van der Waals surface area contributed by atoms with Crippen LogP contribution in [0.25, 0.3) is 0 Å². The fourth-order valence-electron chi connectivity index (χ4n) is 2.65. The second kappa shape index (κ2) is 5.99. The third-order valence-corrected chi connectivity index (χ3v) is 3.88. The SMILES string of the molecule is Fc1ccccc1CNCC1CN(C2CC2)CCO1. The van der Waals surface area contributed by atoms with Gasteiger partial charge >= 0.3 is 0 Å². The molecule has 2 fully saturated rings. The van der Waals surface area contributed by atoms with Gasteiger partial charge in [-0.1, -0.05) is 18.2 Å². The number of hydrogen-bond acceptors (Lipinski definition) is 3. The lowest BCUT2D eigenvalue weighted by molar-refractivity contribution is -0.0301. The van der Waals surface area contributed by atoms with Crippen LogP contribution in [-0.4, -0.2) is 43.3 Å². The van der Waals surface area contributed by atoms with Crippen LogP contribution in [0, 0.1) is 5.82 Å². The minimum Gasteiger partial charge on any atom is -0.374 e. The molecule has 0 spiro atoms. The molecule has 104 valence electrons. The largest absolute Gasteiger partial charge is 0.374 e. The van der Waals surface area contributed by atoms with E-state index in [0.29, 0.717) is 6.54 Å². The van der Waals surface area contributed by atoms with Crippen molar-refractivity contribution in [3.8, 4) is 0 Å². The van der Waals surface area contributed by atoms with Gasteiger partial charge in [-0.2, -0.15) is 0 Å². The van der Waals surface area contributed by atoms with Gasteiger partial charge in [0.1, 0.15) is 5.82 Å². The highest BCUT2D eigenvalue weighted by atomic mass is 19.1. The Kier molecular flexibility index (Phi) is 4.11. The van der Waals surface area contributed by atoms with Crippen LogP contribution in [0.2, 0.25) is 0 Å². The summed E-state index contributed by atoms with van der Waals surface area (Å²) in [5.74, 6) is -0.140. The van der Waals surface area contributed by atoms with Gasteiger partial charge in [-0.15, -0.1) is 0 Å². The van der Waals surface area contributed by atoms with E-state index in [-0.39, 0.29) is 11.9 Å². The van der Waals surface area contributed by atoms with Crippen LogP contribution >= 0.6 is 0 Å². The molecule has 1 saturated carbocycles.